The second kappa shape index (κ2) is 44.6. The highest BCUT2D eigenvalue weighted by Crippen LogP contribution is 2.32. The smallest absolute Gasteiger partial charge is 0.322 e. The average Bonchev–Trinajstić information content (AvgIpc) is 4.00. The molecule has 0 saturated carbocycles. The number of Topliss-reactive ketones (excluding diaryl/α,β-unsaturated/α-hetero) is 1. The number of carbonyl (C=O) groups excluding carboxylic acids is 1. The van der Waals surface area contributed by atoms with Gasteiger partial charge < -0.3 is 15.3 Å². The lowest BCUT2D eigenvalue weighted by Gasteiger charge is -2.39. The summed E-state index contributed by atoms with van der Waals surface area (Å²) in [6, 6.07) is -0.882. The van der Waals surface area contributed by atoms with Crippen LogP contribution in [0.25, 0.3) is 0 Å². The number of aliphatic hydroxyl groups is 1. The number of carboxylic acids is 2. The average molecular weight is 1310 g/mol. The van der Waals surface area contributed by atoms with Gasteiger partial charge in [-0.1, -0.05) is 135 Å². The van der Waals surface area contributed by atoms with Gasteiger partial charge in [0, 0.05) is 58.9 Å². The van der Waals surface area contributed by atoms with Crippen molar-refractivity contribution in [2.45, 2.75) is 192 Å². The van der Waals surface area contributed by atoms with E-state index in [4.69, 9.17) is 15.3 Å². The van der Waals surface area contributed by atoms with Crippen molar-refractivity contribution in [1.82, 2.24) is 27.0 Å². The molecule has 3 N–H and O–H groups in total. The largest absolute Gasteiger partial charge is 0.480 e. The molecule has 0 aromatic rings. The molecule has 0 aliphatic carbocycles. The Balaban J connectivity index is -0.000000169. The molecule has 0 aromatic carbocycles. The van der Waals surface area contributed by atoms with Gasteiger partial charge in [0.15, 0.2) is 5.78 Å². The molecule has 6 fully saturated rings. The summed E-state index contributed by atoms with van der Waals surface area (Å²) in [4.78, 5) is 36.7. The summed E-state index contributed by atoms with van der Waals surface area (Å²) in [7, 11) is -12.2. The highest BCUT2D eigenvalue weighted by atomic mass is 32.2. The van der Waals surface area contributed by atoms with Gasteiger partial charge in [-0.15, -0.1) is 0 Å². The van der Waals surface area contributed by atoms with Crippen molar-refractivity contribution < 1.29 is 63.4 Å². The number of nitrogens with zero attached hydrogens (tertiary/aromatic N) is 6. The summed E-state index contributed by atoms with van der Waals surface area (Å²) in [5, 5.41) is 26.3. The van der Waals surface area contributed by atoms with Crippen LogP contribution >= 0.6 is 0 Å². The molecule has 85 heavy (non-hydrogen) atoms. The molecular weight excluding hydrogens is 1170 g/mol. The second-order valence-corrected chi connectivity index (χ2v) is 32.9. The standard InChI is InChI=1S/C11H21NO2.C10H19NO2.C9H17NO4S.C9H19NO2S.C8H17NO2S.C7H15NO2S.7CH4/c1-9(2)10-4-3-5-12(6-10)7-11(14)8-13;1-8(2)9-4-3-5-11(6-9)7-10(12)13;1-6(2)7-4-8(9(11)12)10(5-7)15(3,13)14;1-8(2)9-5-4-6-10(7-9)13(3,11)12;1-7(2)8-4-5-9(6-8)12(3,10)11;1-6(2)7-4-8(5-7)11(3,9)10;;;;;;;/h9-10,13H,3-8H2,1-2H3;8-9H,3-7H2,1-2H3,(H,12,13);6-8H,4-5H2,1-3H3,(H,11,12);8-9H,4-7H2,1-3H3;7-8H,4-6H2,1-3H3;6-7H,4-5H2,1-3H3;7*1H4. The molecule has 6 aliphatic rings. The van der Waals surface area contributed by atoms with Gasteiger partial charge >= 0.3 is 11.9 Å². The first-order chi connectivity index (χ1) is 35.7. The zero-order valence-electron chi connectivity index (χ0n) is 50.7. The highest BCUT2D eigenvalue weighted by molar-refractivity contribution is 7.89. The molecule has 0 amide bonds. The van der Waals surface area contributed by atoms with E-state index < -0.39 is 58.1 Å². The lowest BCUT2D eigenvalue weighted by Crippen LogP contribution is -2.51. The molecule has 24 heteroatoms. The molecule has 0 aromatic heterocycles. The Kier molecular flexibility index (Phi) is 50.7. The normalized spacial score (nSPS) is 23.6. The van der Waals surface area contributed by atoms with Crippen molar-refractivity contribution >= 4 is 57.8 Å². The van der Waals surface area contributed by atoms with E-state index in [1.807, 2.05) is 13.8 Å². The maximum Gasteiger partial charge on any atom is 0.322 e. The lowest BCUT2D eigenvalue weighted by molar-refractivity contribution is -0.141. The molecule has 20 nitrogen and oxygen atoms in total. The third kappa shape index (κ3) is 37.2. The highest BCUT2D eigenvalue weighted by Gasteiger charge is 2.42. The van der Waals surface area contributed by atoms with Crippen molar-refractivity contribution in [3.63, 3.8) is 0 Å². The predicted molar refractivity (Wildman–Crippen MR) is 359 cm³/mol. The Morgan fingerprint density at radius 2 is 0.718 bits per heavy atom. The van der Waals surface area contributed by atoms with Gasteiger partial charge in [0.05, 0.1) is 38.1 Å². The summed E-state index contributed by atoms with van der Waals surface area (Å²) < 4.78 is 95.2. The number of sulfonamides is 4. The van der Waals surface area contributed by atoms with Gasteiger partial charge in [0.1, 0.15) is 12.6 Å². The number of carbonyl (C=O) groups is 3. The van der Waals surface area contributed by atoms with Gasteiger partial charge in [0.25, 0.3) is 0 Å². The summed E-state index contributed by atoms with van der Waals surface area (Å²) in [5.41, 5.74) is 0. The van der Waals surface area contributed by atoms with E-state index in [1.54, 1.807) is 8.61 Å². The number of likely N-dealkylation sites (tertiary alicyclic amines) is 2. The summed E-state index contributed by atoms with van der Waals surface area (Å²) in [5.74, 6) is 4.87. The Hall–Kier alpha value is -1.87. The van der Waals surface area contributed by atoms with Crippen molar-refractivity contribution in [3.8, 4) is 0 Å². The SMILES string of the molecule is C.C.C.C.C.C.C.CC(C)C1CC(C(=O)O)N(S(C)(=O)=O)C1.CC(C)C1CCCN(CC(=O)CO)C1.CC(C)C1CCCN(CC(=O)O)C1.CC(C)C1CCCN(S(C)(=O)=O)C1.CC(C)C1CCN(S(C)(=O)=O)C1.CC(C)C1CN(S(C)(=O)=O)C1. The van der Waals surface area contributed by atoms with Gasteiger partial charge in [-0.3, -0.25) is 24.2 Å². The Morgan fingerprint density at radius 3 is 1.00 bits per heavy atom. The van der Waals surface area contributed by atoms with Gasteiger partial charge in [-0.2, -0.15) is 4.31 Å². The minimum Gasteiger partial charge on any atom is -0.480 e. The maximum absolute atomic E-state index is 11.4. The Bertz CT molecular complexity index is 2260. The van der Waals surface area contributed by atoms with E-state index in [9.17, 15) is 48.1 Å². The number of aliphatic carboxylic acids is 2. The van der Waals surface area contributed by atoms with Crippen molar-refractivity contribution in [3.05, 3.63) is 0 Å². The fourth-order valence-electron chi connectivity index (χ4n) is 10.5. The van der Waals surface area contributed by atoms with Crippen LogP contribution in [0.2, 0.25) is 0 Å². The summed E-state index contributed by atoms with van der Waals surface area (Å²) >= 11 is 0. The molecule has 6 rings (SSSR count). The van der Waals surface area contributed by atoms with E-state index in [2.05, 4.69) is 79.0 Å². The number of aliphatic hydroxyl groups excluding tert-OH is 1. The predicted octanol–water partition coefficient (Wildman–Crippen LogP) is 9.96. The fraction of sp³-hybridized carbons (Fsp3) is 0.951. The number of carboxylic acid groups (broad SMARTS) is 2. The monoisotopic (exact) mass is 1300 g/mol. The third-order valence-corrected chi connectivity index (χ3v) is 21.6. The van der Waals surface area contributed by atoms with Crippen molar-refractivity contribution in [2.24, 2.45) is 71.0 Å². The fourth-order valence-corrected chi connectivity index (χ4v) is 14.4. The molecular formula is C61H136N6O14S4. The van der Waals surface area contributed by atoms with E-state index in [0.29, 0.717) is 91.8 Å². The number of hydrogen-bond donors (Lipinski definition) is 3. The second-order valence-electron chi connectivity index (χ2n) is 25.0. The minimum atomic E-state index is -3.41. The zero-order chi connectivity index (χ0) is 60.3. The Labute approximate surface area is 525 Å². The summed E-state index contributed by atoms with van der Waals surface area (Å²) in [6.45, 7) is 34.6. The quantitative estimate of drug-likeness (QED) is 0.130. The van der Waals surface area contributed by atoms with Crippen LogP contribution in [0.15, 0.2) is 0 Å². The van der Waals surface area contributed by atoms with Crippen molar-refractivity contribution in [2.75, 3.05) is 117 Å². The molecule has 6 unspecified atom stereocenters. The van der Waals surface area contributed by atoms with Crippen LogP contribution in [0, 0.1) is 71.0 Å². The zero-order valence-corrected chi connectivity index (χ0v) is 54.0. The number of piperidine rings is 3. The number of ketones is 1. The Morgan fingerprint density at radius 1 is 0.400 bits per heavy atom. The third-order valence-electron chi connectivity index (χ3n) is 16.6. The topological polar surface area (TPSA) is 268 Å². The molecule has 518 valence electrons. The number of rotatable bonds is 16. The maximum atomic E-state index is 11.4. The van der Waals surface area contributed by atoms with Crippen LogP contribution in [0.4, 0.5) is 0 Å². The molecule has 0 radical (unpaired) electrons. The molecule has 6 aliphatic heterocycles. The lowest BCUT2D eigenvalue weighted by atomic mass is 9.88. The van der Waals surface area contributed by atoms with Gasteiger partial charge in [-0.05, 0) is 135 Å². The van der Waals surface area contributed by atoms with Crippen molar-refractivity contribution in [1.29, 1.82) is 0 Å². The summed E-state index contributed by atoms with van der Waals surface area (Å²) in [6.07, 6.45) is 13.4. The first-order valence-electron chi connectivity index (χ1n) is 28.5. The molecule has 6 heterocycles. The van der Waals surface area contributed by atoms with Crippen LogP contribution in [0.1, 0.15) is 186 Å². The van der Waals surface area contributed by atoms with Crippen LogP contribution < -0.4 is 0 Å². The van der Waals surface area contributed by atoms with E-state index in [-0.39, 0.29) is 76.8 Å². The van der Waals surface area contributed by atoms with E-state index >= 15 is 0 Å². The molecule has 0 spiro atoms. The van der Waals surface area contributed by atoms with Crippen LogP contribution in [-0.2, 0) is 54.5 Å². The van der Waals surface area contributed by atoms with E-state index in [1.165, 1.54) is 48.8 Å². The van der Waals surface area contributed by atoms with Gasteiger partial charge in [0.2, 0.25) is 40.1 Å². The van der Waals surface area contributed by atoms with Crippen LogP contribution in [0.3, 0.4) is 0 Å². The van der Waals surface area contributed by atoms with Crippen LogP contribution in [-0.4, -0.2) is 216 Å². The first-order valence-corrected chi connectivity index (χ1v) is 35.9. The van der Waals surface area contributed by atoms with Crippen LogP contribution in [0.5, 0.6) is 0 Å². The molecule has 6 saturated heterocycles. The number of hydrogen-bond acceptors (Lipinski definition) is 14. The van der Waals surface area contributed by atoms with Gasteiger partial charge in [-0.25, -0.2) is 46.6 Å². The molecule has 0 bridgehead atoms. The van der Waals surface area contributed by atoms with E-state index in [0.717, 1.165) is 88.1 Å². The minimum absolute atomic E-state index is 0. The first kappa shape index (κ1) is 96.7. The molecule has 6 atom stereocenters.